The van der Waals surface area contributed by atoms with Crippen LogP contribution in [0.4, 0.5) is 11.9 Å². The van der Waals surface area contributed by atoms with Gasteiger partial charge in [0.15, 0.2) is 0 Å². The molecule has 19 heavy (non-hydrogen) atoms. The second-order valence-electron chi connectivity index (χ2n) is 3.68. The second kappa shape index (κ2) is 6.47. The van der Waals surface area contributed by atoms with Crippen molar-refractivity contribution in [2.24, 2.45) is 0 Å². The van der Waals surface area contributed by atoms with Gasteiger partial charge >= 0.3 is 6.01 Å². The predicted molar refractivity (Wildman–Crippen MR) is 68.5 cm³/mol. The minimum atomic E-state index is 0.136. The summed E-state index contributed by atoms with van der Waals surface area (Å²) in [7, 11) is 0. The molecular weight excluding hydrogens is 248 g/mol. The van der Waals surface area contributed by atoms with Crippen LogP contribution in [0.15, 0.2) is 12.4 Å². The molecule has 2 rings (SSSR count). The fraction of sp³-hybridized carbons (Fsp3) is 0.500. The molecule has 0 bridgehead atoms. The third-order valence-corrected chi connectivity index (χ3v) is 2.22. The van der Waals surface area contributed by atoms with Crippen LogP contribution in [-0.4, -0.2) is 43.1 Å². The third-order valence-electron chi connectivity index (χ3n) is 2.22. The van der Waals surface area contributed by atoms with Gasteiger partial charge in [-0.3, -0.25) is 4.68 Å². The molecule has 0 saturated carbocycles. The van der Waals surface area contributed by atoms with Crippen LogP contribution in [-0.2, 0) is 6.54 Å². The summed E-state index contributed by atoms with van der Waals surface area (Å²) in [5, 5.41) is 10.7. The van der Waals surface area contributed by atoms with Crippen LogP contribution in [0.25, 0.3) is 0 Å². The van der Waals surface area contributed by atoms with E-state index in [1.807, 2.05) is 13.1 Å². The molecule has 9 heteroatoms. The lowest BCUT2D eigenvalue weighted by Gasteiger charge is -2.07. The van der Waals surface area contributed by atoms with Gasteiger partial charge in [0.25, 0.3) is 0 Å². The van der Waals surface area contributed by atoms with Gasteiger partial charge in [0.2, 0.25) is 11.9 Å². The monoisotopic (exact) mass is 264 g/mol. The van der Waals surface area contributed by atoms with Gasteiger partial charge < -0.3 is 15.8 Å². The van der Waals surface area contributed by atoms with Gasteiger partial charge in [0, 0.05) is 19.3 Å². The molecule has 0 atom stereocenters. The van der Waals surface area contributed by atoms with E-state index in [-0.39, 0.29) is 12.0 Å². The van der Waals surface area contributed by atoms with Gasteiger partial charge in [-0.1, -0.05) is 5.21 Å². The smallest absolute Gasteiger partial charge is 0.323 e. The molecule has 0 unspecified atom stereocenters. The molecule has 0 amide bonds. The Morgan fingerprint density at radius 1 is 1.37 bits per heavy atom. The van der Waals surface area contributed by atoms with Crippen molar-refractivity contribution in [3.05, 3.63) is 12.4 Å². The fourth-order valence-corrected chi connectivity index (χ4v) is 1.44. The van der Waals surface area contributed by atoms with E-state index in [4.69, 9.17) is 10.5 Å². The zero-order chi connectivity index (χ0) is 13.5. The maximum atomic E-state index is 5.57. The van der Waals surface area contributed by atoms with E-state index in [2.05, 4.69) is 30.6 Å². The summed E-state index contributed by atoms with van der Waals surface area (Å²) in [5.74, 6) is 0.548. The number of rotatable bonds is 7. The maximum Gasteiger partial charge on any atom is 0.323 e. The van der Waals surface area contributed by atoms with Crippen molar-refractivity contribution in [2.45, 2.75) is 19.9 Å². The molecule has 102 valence electrons. The van der Waals surface area contributed by atoms with Crippen LogP contribution < -0.4 is 15.8 Å². The molecule has 0 spiro atoms. The summed E-state index contributed by atoms with van der Waals surface area (Å²) in [6.45, 7) is 3.79. The van der Waals surface area contributed by atoms with Crippen molar-refractivity contribution < 1.29 is 4.74 Å². The van der Waals surface area contributed by atoms with Crippen molar-refractivity contribution in [1.29, 1.82) is 0 Å². The fourth-order valence-electron chi connectivity index (χ4n) is 1.44. The highest BCUT2D eigenvalue weighted by molar-refractivity contribution is 5.32. The second-order valence-corrected chi connectivity index (χ2v) is 3.68. The average Bonchev–Trinajstić information content (AvgIpc) is 2.87. The first-order chi connectivity index (χ1) is 9.28. The highest BCUT2D eigenvalue weighted by atomic mass is 16.5. The van der Waals surface area contributed by atoms with E-state index in [9.17, 15) is 0 Å². The molecular formula is C10H16N8O. The number of nitrogen functional groups attached to an aromatic ring is 1. The molecule has 2 aromatic rings. The highest BCUT2D eigenvalue weighted by Gasteiger charge is 2.04. The molecule has 3 N–H and O–H groups in total. The van der Waals surface area contributed by atoms with E-state index >= 15 is 0 Å². The Hall–Kier alpha value is -2.45. The summed E-state index contributed by atoms with van der Waals surface area (Å²) in [5.41, 5.74) is 5.57. The van der Waals surface area contributed by atoms with Gasteiger partial charge in [0.05, 0.1) is 12.8 Å². The van der Waals surface area contributed by atoms with Crippen molar-refractivity contribution in [1.82, 2.24) is 29.9 Å². The third kappa shape index (κ3) is 4.05. The molecule has 0 aromatic carbocycles. The number of ether oxygens (including phenoxy) is 1. The minimum absolute atomic E-state index is 0.136. The van der Waals surface area contributed by atoms with Gasteiger partial charge in [-0.15, -0.1) is 5.10 Å². The molecule has 0 aliphatic rings. The Morgan fingerprint density at radius 3 is 3.00 bits per heavy atom. The van der Waals surface area contributed by atoms with E-state index in [1.54, 1.807) is 10.9 Å². The lowest BCUT2D eigenvalue weighted by Crippen LogP contribution is -2.12. The lowest BCUT2D eigenvalue weighted by atomic mass is 10.4. The SMILES string of the molecule is CCOc1nc(N)nc(NCCCn2ccnn2)n1. The van der Waals surface area contributed by atoms with E-state index < -0.39 is 0 Å². The van der Waals surface area contributed by atoms with Crippen molar-refractivity contribution in [3.8, 4) is 6.01 Å². The zero-order valence-corrected chi connectivity index (χ0v) is 10.7. The van der Waals surface area contributed by atoms with E-state index in [0.29, 0.717) is 19.1 Å². The Bertz CT molecular complexity index is 500. The molecule has 2 heterocycles. The van der Waals surface area contributed by atoms with Crippen LogP contribution in [0, 0.1) is 0 Å². The predicted octanol–water partition coefficient (Wildman–Crippen LogP) is -0.0538. The highest BCUT2D eigenvalue weighted by Crippen LogP contribution is 2.08. The number of nitrogens with one attached hydrogen (secondary N) is 1. The first-order valence-electron chi connectivity index (χ1n) is 6.00. The van der Waals surface area contributed by atoms with Crippen molar-refractivity contribution in [2.75, 3.05) is 24.2 Å². The van der Waals surface area contributed by atoms with Crippen LogP contribution in [0.2, 0.25) is 0 Å². The van der Waals surface area contributed by atoms with E-state index in [0.717, 1.165) is 13.0 Å². The minimum Gasteiger partial charge on any atom is -0.464 e. The van der Waals surface area contributed by atoms with Crippen LogP contribution >= 0.6 is 0 Å². The number of nitrogens with two attached hydrogens (primary N) is 1. The van der Waals surface area contributed by atoms with Crippen LogP contribution in [0.3, 0.4) is 0 Å². The molecule has 2 aromatic heterocycles. The van der Waals surface area contributed by atoms with Crippen LogP contribution in [0.5, 0.6) is 6.01 Å². The topological polar surface area (TPSA) is 117 Å². The lowest BCUT2D eigenvalue weighted by molar-refractivity contribution is 0.312. The standard InChI is InChI=1S/C10H16N8O/c1-2-19-10-15-8(11)14-9(16-10)12-4-3-6-18-7-5-13-17-18/h5,7H,2-4,6H2,1H3,(H3,11,12,14,15,16). The molecule has 0 aliphatic carbocycles. The summed E-state index contributed by atoms with van der Waals surface area (Å²) in [4.78, 5) is 11.9. The number of hydrogen-bond acceptors (Lipinski definition) is 8. The van der Waals surface area contributed by atoms with Gasteiger partial charge in [-0.25, -0.2) is 0 Å². The van der Waals surface area contributed by atoms with Gasteiger partial charge in [-0.05, 0) is 13.3 Å². The van der Waals surface area contributed by atoms with Crippen molar-refractivity contribution in [3.63, 3.8) is 0 Å². The van der Waals surface area contributed by atoms with E-state index in [1.165, 1.54) is 0 Å². The Morgan fingerprint density at radius 2 is 2.26 bits per heavy atom. The Kier molecular flexibility index (Phi) is 4.43. The molecule has 0 saturated heterocycles. The number of aromatic nitrogens is 6. The average molecular weight is 264 g/mol. The van der Waals surface area contributed by atoms with Gasteiger partial charge in [-0.2, -0.15) is 15.0 Å². The first-order valence-corrected chi connectivity index (χ1v) is 6.00. The molecule has 0 aliphatic heterocycles. The molecule has 0 fully saturated rings. The Balaban J connectivity index is 1.81. The van der Waals surface area contributed by atoms with Crippen LogP contribution in [0.1, 0.15) is 13.3 Å². The first kappa shape index (κ1) is 13.0. The summed E-state index contributed by atoms with van der Waals surface area (Å²) >= 11 is 0. The summed E-state index contributed by atoms with van der Waals surface area (Å²) in [6.07, 6.45) is 4.32. The van der Waals surface area contributed by atoms with Crippen molar-refractivity contribution >= 4 is 11.9 Å². The summed E-state index contributed by atoms with van der Waals surface area (Å²) in [6, 6.07) is 0.230. The summed E-state index contributed by atoms with van der Waals surface area (Å²) < 4.78 is 6.95. The number of nitrogens with zero attached hydrogens (tertiary/aromatic N) is 6. The van der Waals surface area contributed by atoms with Gasteiger partial charge in [0.1, 0.15) is 0 Å². The maximum absolute atomic E-state index is 5.57. The zero-order valence-electron chi connectivity index (χ0n) is 10.7. The number of aryl methyl sites for hydroxylation is 1. The number of hydrogen-bond donors (Lipinski definition) is 2. The molecule has 0 radical (unpaired) electrons. The Labute approximate surface area is 110 Å². The largest absolute Gasteiger partial charge is 0.464 e. The number of anilines is 2. The normalized spacial score (nSPS) is 10.4. The quantitative estimate of drug-likeness (QED) is 0.668. The molecule has 9 nitrogen and oxygen atoms in total.